The molecule has 2 rings (SSSR count). The maximum atomic E-state index is 11.7. The van der Waals surface area contributed by atoms with Crippen molar-refractivity contribution < 1.29 is 14.3 Å². The van der Waals surface area contributed by atoms with Crippen LogP contribution in [0.4, 0.5) is 5.82 Å². The molecular weight excluding hydrogens is 316 g/mol. The molecule has 2 heterocycles. The summed E-state index contributed by atoms with van der Waals surface area (Å²) < 4.78 is 5.46. The normalized spacial score (nSPS) is 17.0. The quantitative estimate of drug-likeness (QED) is 0.552. The van der Waals surface area contributed by atoms with Crippen molar-refractivity contribution in [2.24, 2.45) is 0 Å². The van der Waals surface area contributed by atoms with Crippen LogP contribution in [0.5, 0.6) is 0 Å². The van der Waals surface area contributed by atoms with Crippen LogP contribution in [0.3, 0.4) is 0 Å². The first-order valence-corrected chi connectivity index (χ1v) is 8.74. The van der Waals surface area contributed by atoms with E-state index in [1.807, 2.05) is 0 Å². The van der Waals surface area contributed by atoms with E-state index in [9.17, 15) is 9.59 Å². The molecule has 1 atom stereocenters. The first kappa shape index (κ1) is 17.7. The molecule has 0 aromatic carbocycles. The molecule has 1 aromatic rings. The van der Waals surface area contributed by atoms with Crippen LogP contribution in [0.25, 0.3) is 0 Å². The maximum absolute atomic E-state index is 11.7. The molecule has 1 aromatic heterocycles. The zero-order valence-corrected chi connectivity index (χ0v) is 14.0. The van der Waals surface area contributed by atoms with Gasteiger partial charge in [0.15, 0.2) is 5.82 Å². The Morgan fingerprint density at radius 1 is 1.39 bits per heavy atom. The molecule has 0 unspecified atom stereocenters. The van der Waals surface area contributed by atoms with E-state index in [2.05, 4.69) is 20.8 Å². The molecule has 1 saturated heterocycles. The Bertz CT molecular complexity index is 518. The molecule has 0 aliphatic carbocycles. The van der Waals surface area contributed by atoms with Crippen molar-refractivity contribution in [1.29, 1.82) is 0 Å². The van der Waals surface area contributed by atoms with Crippen LogP contribution in [-0.4, -0.2) is 47.0 Å². The van der Waals surface area contributed by atoms with Gasteiger partial charge in [0, 0.05) is 32.2 Å². The van der Waals surface area contributed by atoms with E-state index in [1.54, 1.807) is 23.9 Å². The third kappa shape index (κ3) is 6.96. The van der Waals surface area contributed by atoms with Crippen molar-refractivity contribution in [3.05, 3.63) is 12.1 Å². The molecular formula is C15H22N4O3S. The number of nitrogens with zero attached hydrogens (tertiary/aromatic N) is 2. The average Bonchev–Trinajstić information content (AvgIpc) is 3.04. The van der Waals surface area contributed by atoms with Crippen molar-refractivity contribution >= 4 is 29.4 Å². The summed E-state index contributed by atoms with van der Waals surface area (Å²) in [6.07, 6.45) is 3.57. The topological polar surface area (TPSA) is 93.2 Å². The van der Waals surface area contributed by atoms with Gasteiger partial charge in [-0.05, 0) is 31.4 Å². The third-order valence-corrected chi connectivity index (χ3v) is 4.30. The third-order valence-electron chi connectivity index (χ3n) is 3.29. The minimum Gasteiger partial charge on any atom is -0.376 e. The van der Waals surface area contributed by atoms with Gasteiger partial charge in [0.25, 0.3) is 0 Å². The van der Waals surface area contributed by atoms with Gasteiger partial charge in [-0.15, -0.1) is 22.0 Å². The van der Waals surface area contributed by atoms with E-state index in [-0.39, 0.29) is 17.9 Å². The summed E-state index contributed by atoms with van der Waals surface area (Å²) in [5.41, 5.74) is 0. The second-order valence-electron chi connectivity index (χ2n) is 5.33. The van der Waals surface area contributed by atoms with Crippen LogP contribution < -0.4 is 10.6 Å². The van der Waals surface area contributed by atoms with E-state index in [0.29, 0.717) is 18.8 Å². The molecule has 0 bridgehead atoms. The van der Waals surface area contributed by atoms with Crippen molar-refractivity contribution in [3.8, 4) is 0 Å². The van der Waals surface area contributed by atoms with Crippen LogP contribution in [-0.2, 0) is 14.3 Å². The molecule has 0 saturated carbocycles. The lowest BCUT2D eigenvalue weighted by Gasteiger charge is -2.10. The lowest BCUT2D eigenvalue weighted by Crippen LogP contribution is -2.31. The van der Waals surface area contributed by atoms with Crippen LogP contribution >= 0.6 is 11.8 Å². The molecule has 126 valence electrons. The zero-order valence-electron chi connectivity index (χ0n) is 13.2. The molecule has 1 aliphatic heterocycles. The lowest BCUT2D eigenvalue weighted by molar-refractivity contribution is -0.121. The number of hydrogen-bond acceptors (Lipinski definition) is 6. The highest BCUT2D eigenvalue weighted by Gasteiger charge is 2.15. The second-order valence-corrected chi connectivity index (χ2v) is 6.44. The van der Waals surface area contributed by atoms with Gasteiger partial charge in [0.1, 0.15) is 5.03 Å². The molecule has 23 heavy (non-hydrogen) atoms. The lowest BCUT2D eigenvalue weighted by atomic mass is 10.2. The minimum absolute atomic E-state index is 0.0631. The van der Waals surface area contributed by atoms with Crippen LogP contribution in [0, 0.1) is 0 Å². The summed E-state index contributed by atoms with van der Waals surface area (Å²) in [6, 6.07) is 3.52. The van der Waals surface area contributed by atoms with Gasteiger partial charge in [-0.25, -0.2) is 0 Å². The fraction of sp³-hybridized carbons (Fsp3) is 0.600. The van der Waals surface area contributed by atoms with Gasteiger partial charge in [-0.1, -0.05) is 0 Å². The Morgan fingerprint density at radius 2 is 2.26 bits per heavy atom. The number of aromatic nitrogens is 2. The Kier molecular flexibility index (Phi) is 7.28. The summed E-state index contributed by atoms with van der Waals surface area (Å²) in [5, 5.41) is 14.2. The first-order chi connectivity index (χ1) is 11.1. The first-order valence-electron chi connectivity index (χ1n) is 7.76. The predicted molar refractivity (Wildman–Crippen MR) is 88.3 cm³/mol. The molecule has 1 aliphatic rings. The number of rotatable bonds is 8. The molecule has 7 nitrogen and oxygen atoms in total. The van der Waals surface area contributed by atoms with Crippen LogP contribution in [0.1, 0.15) is 32.6 Å². The summed E-state index contributed by atoms with van der Waals surface area (Å²) in [7, 11) is 0. The van der Waals surface area contributed by atoms with Crippen molar-refractivity contribution in [1.82, 2.24) is 15.5 Å². The minimum atomic E-state index is -0.172. The van der Waals surface area contributed by atoms with Gasteiger partial charge in [0.2, 0.25) is 11.8 Å². The Hall–Kier alpha value is -1.67. The molecule has 2 amide bonds. The highest BCUT2D eigenvalue weighted by molar-refractivity contribution is 7.99. The highest BCUT2D eigenvalue weighted by Crippen LogP contribution is 2.17. The van der Waals surface area contributed by atoms with Crippen molar-refractivity contribution in [3.63, 3.8) is 0 Å². The van der Waals surface area contributed by atoms with Gasteiger partial charge in [0.05, 0.1) is 6.10 Å². The number of amides is 2. The van der Waals surface area contributed by atoms with Crippen molar-refractivity contribution in [2.75, 3.05) is 24.2 Å². The molecule has 0 radical (unpaired) electrons. The largest absolute Gasteiger partial charge is 0.376 e. The second kappa shape index (κ2) is 9.46. The van der Waals surface area contributed by atoms with E-state index >= 15 is 0 Å². The smallest absolute Gasteiger partial charge is 0.222 e. The number of carbonyl (C=O) groups is 2. The van der Waals surface area contributed by atoms with Gasteiger partial charge in [-0.3, -0.25) is 9.59 Å². The molecule has 2 N–H and O–H groups in total. The Morgan fingerprint density at radius 3 is 2.91 bits per heavy atom. The van der Waals surface area contributed by atoms with Crippen LogP contribution in [0.15, 0.2) is 17.2 Å². The fourth-order valence-corrected chi connectivity index (χ4v) is 2.94. The number of carbonyl (C=O) groups excluding carboxylic acids is 2. The Balaban J connectivity index is 1.57. The van der Waals surface area contributed by atoms with Gasteiger partial charge < -0.3 is 15.4 Å². The molecule has 1 fully saturated rings. The van der Waals surface area contributed by atoms with Gasteiger partial charge in [-0.2, -0.15) is 0 Å². The number of hydrogen-bond donors (Lipinski definition) is 2. The average molecular weight is 338 g/mol. The highest BCUT2D eigenvalue weighted by atomic mass is 32.2. The number of anilines is 1. The van der Waals surface area contributed by atoms with Crippen molar-refractivity contribution in [2.45, 2.75) is 43.7 Å². The summed E-state index contributed by atoms with van der Waals surface area (Å²) in [6.45, 7) is 2.84. The maximum Gasteiger partial charge on any atom is 0.222 e. The standard InChI is InChI=1S/C15H22N4O3S/c1-11(20)17-13-6-7-15(19-18-13)23-9-3-5-14(21)16-10-12-4-2-8-22-12/h6-7,12H,2-5,8-10H2,1H3,(H,16,21)(H,17,18,20)/t12-/m0/s1. The van der Waals surface area contributed by atoms with E-state index in [1.165, 1.54) is 6.92 Å². The summed E-state index contributed by atoms with van der Waals surface area (Å²) in [4.78, 5) is 22.6. The summed E-state index contributed by atoms with van der Waals surface area (Å²) >= 11 is 1.54. The summed E-state index contributed by atoms with van der Waals surface area (Å²) in [5.74, 6) is 1.12. The van der Waals surface area contributed by atoms with Crippen LogP contribution in [0.2, 0.25) is 0 Å². The zero-order chi connectivity index (χ0) is 16.5. The molecule has 0 spiro atoms. The van der Waals surface area contributed by atoms with E-state index in [0.717, 1.165) is 36.6 Å². The monoisotopic (exact) mass is 338 g/mol. The SMILES string of the molecule is CC(=O)Nc1ccc(SCCCC(=O)NC[C@@H]2CCCO2)nn1. The number of thioether (sulfide) groups is 1. The fourth-order valence-electron chi connectivity index (χ4n) is 2.17. The van der Waals surface area contributed by atoms with E-state index < -0.39 is 0 Å². The Labute approximate surface area is 140 Å². The van der Waals surface area contributed by atoms with Gasteiger partial charge >= 0.3 is 0 Å². The number of ether oxygens (including phenoxy) is 1. The predicted octanol–water partition coefficient (Wildman–Crippen LogP) is 1.60. The van der Waals surface area contributed by atoms with E-state index in [4.69, 9.17) is 4.74 Å². The molecule has 8 heteroatoms. The number of nitrogens with one attached hydrogen (secondary N) is 2.